The lowest BCUT2D eigenvalue weighted by molar-refractivity contribution is 0.0955. The number of hydrogen-bond acceptors (Lipinski definition) is 4. The summed E-state index contributed by atoms with van der Waals surface area (Å²) < 4.78 is 10.6. The lowest BCUT2D eigenvalue weighted by atomic mass is 10.0. The molecular weight excluding hydrogens is 308 g/mol. The second-order valence-corrected chi connectivity index (χ2v) is 6.59. The van der Waals surface area contributed by atoms with Gasteiger partial charge >= 0.3 is 0 Å². The fraction of sp³-hybridized carbons (Fsp3) is 0.211. The van der Waals surface area contributed by atoms with Crippen molar-refractivity contribution in [2.45, 2.75) is 24.3 Å². The van der Waals surface area contributed by atoms with E-state index in [2.05, 4.69) is 31.2 Å². The van der Waals surface area contributed by atoms with Crippen molar-refractivity contribution in [2.75, 3.05) is 0 Å². The van der Waals surface area contributed by atoms with E-state index in [1.807, 2.05) is 12.1 Å². The number of furan rings is 2. The minimum atomic E-state index is 0.0209. The number of carbonyl (C=O) groups is 1. The third kappa shape index (κ3) is 4.17. The molecule has 1 atom stereocenters. The van der Waals surface area contributed by atoms with Crippen LogP contribution in [0.5, 0.6) is 0 Å². The molecule has 2 aromatic heterocycles. The van der Waals surface area contributed by atoms with Crippen LogP contribution in [0.2, 0.25) is 0 Å². The maximum Gasteiger partial charge on any atom is 0.199 e. The van der Waals surface area contributed by atoms with Gasteiger partial charge in [0.05, 0.1) is 18.3 Å². The van der Waals surface area contributed by atoms with Crippen molar-refractivity contribution in [1.29, 1.82) is 0 Å². The molecule has 3 nitrogen and oxygen atoms in total. The zero-order chi connectivity index (χ0) is 16.1. The summed E-state index contributed by atoms with van der Waals surface area (Å²) in [5, 5.41) is 0.0679. The maximum absolute atomic E-state index is 12.4. The number of ketones is 1. The summed E-state index contributed by atoms with van der Waals surface area (Å²) in [6.07, 6.45) is 3.61. The van der Waals surface area contributed by atoms with Crippen molar-refractivity contribution in [1.82, 2.24) is 0 Å². The largest absolute Gasteiger partial charge is 0.468 e. The van der Waals surface area contributed by atoms with Crippen LogP contribution in [-0.2, 0) is 5.75 Å². The number of aryl methyl sites for hydroxylation is 1. The molecule has 3 rings (SSSR count). The molecule has 0 saturated carbocycles. The lowest BCUT2D eigenvalue weighted by Gasteiger charge is -2.15. The quantitative estimate of drug-likeness (QED) is 0.543. The average molecular weight is 326 g/mol. The second kappa shape index (κ2) is 7.38. The molecule has 23 heavy (non-hydrogen) atoms. The van der Waals surface area contributed by atoms with E-state index in [0.717, 1.165) is 17.1 Å². The Morgan fingerprint density at radius 2 is 1.78 bits per heavy atom. The first-order valence-corrected chi connectivity index (χ1v) is 8.54. The average Bonchev–Trinajstić information content (AvgIpc) is 3.25. The Labute approximate surface area is 139 Å². The van der Waals surface area contributed by atoms with Crippen LogP contribution < -0.4 is 0 Å². The van der Waals surface area contributed by atoms with Crippen LogP contribution in [0, 0.1) is 6.92 Å². The SMILES string of the molecule is Cc1ccc(C(CC(=O)c2ccco2)SCc2ccco2)cc1. The molecule has 0 saturated heterocycles. The van der Waals surface area contributed by atoms with Gasteiger partial charge in [-0.25, -0.2) is 0 Å². The standard InChI is InChI=1S/C19H18O3S/c1-14-6-8-15(9-7-14)19(23-13-16-4-2-10-21-16)12-17(20)18-5-3-11-22-18/h2-11,19H,12-13H2,1H3. The molecule has 0 fully saturated rings. The predicted molar refractivity (Wildman–Crippen MR) is 91.6 cm³/mol. The van der Waals surface area contributed by atoms with Gasteiger partial charge in [0.1, 0.15) is 5.76 Å². The summed E-state index contributed by atoms with van der Waals surface area (Å²) in [6.45, 7) is 2.06. The van der Waals surface area contributed by atoms with Crippen molar-refractivity contribution in [3.8, 4) is 0 Å². The van der Waals surface area contributed by atoms with Crippen LogP contribution in [-0.4, -0.2) is 5.78 Å². The Hall–Kier alpha value is -2.20. The Kier molecular flexibility index (Phi) is 5.03. The van der Waals surface area contributed by atoms with E-state index in [4.69, 9.17) is 8.83 Å². The van der Waals surface area contributed by atoms with E-state index < -0.39 is 0 Å². The highest BCUT2D eigenvalue weighted by Crippen LogP contribution is 2.35. The molecule has 0 aliphatic carbocycles. The minimum absolute atomic E-state index is 0.0209. The van der Waals surface area contributed by atoms with Gasteiger partial charge in [0.15, 0.2) is 11.5 Å². The summed E-state index contributed by atoms with van der Waals surface area (Å²) in [5.41, 5.74) is 2.35. The number of carbonyl (C=O) groups excluding carboxylic acids is 1. The van der Waals surface area contributed by atoms with Crippen molar-refractivity contribution in [2.24, 2.45) is 0 Å². The molecule has 3 aromatic rings. The number of Topliss-reactive ketones (excluding diaryl/α,β-unsaturated/α-hetero) is 1. The molecule has 4 heteroatoms. The monoisotopic (exact) mass is 326 g/mol. The van der Waals surface area contributed by atoms with E-state index in [1.54, 1.807) is 30.2 Å². The Morgan fingerprint density at radius 3 is 2.43 bits per heavy atom. The smallest absolute Gasteiger partial charge is 0.199 e. The van der Waals surface area contributed by atoms with Gasteiger partial charge in [-0.2, -0.15) is 0 Å². The molecule has 0 bridgehead atoms. The molecule has 0 aliphatic heterocycles. The van der Waals surface area contributed by atoms with E-state index >= 15 is 0 Å². The normalized spacial score (nSPS) is 12.2. The molecule has 0 amide bonds. The van der Waals surface area contributed by atoms with Gasteiger partial charge in [-0.3, -0.25) is 4.79 Å². The van der Waals surface area contributed by atoms with Crippen LogP contribution in [0.4, 0.5) is 0 Å². The Bertz CT molecular complexity index is 728. The lowest BCUT2D eigenvalue weighted by Crippen LogP contribution is -2.05. The third-order valence-electron chi connectivity index (χ3n) is 3.62. The first-order valence-electron chi connectivity index (χ1n) is 7.49. The van der Waals surface area contributed by atoms with E-state index in [-0.39, 0.29) is 11.0 Å². The van der Waals surface area contributed by atoms with Crippen LogP contribution in [0.15, 0.2) is 69.9 Å². The molecule has 118 valence electrons. The van der Waals surface area contributed by atoms with Crippen molar-refractivity contribution >= 4 is 17.5 Å². The minimum Gasteiger partial charge on any atom is -0.468 e. The Balaban J connectivity index is 1.74. The molecule has 1 unspecified atom stereocenters. The number of thioether (sulfide) groups is 1. The molecule has 0 radical (unpaired) electrons. The van der Waals surface area contributed by atoms with Crippen LogP contribution in [0.3, 0.4) is 0 Å². The summed E-state index contributed by atoms with van der Waals surface area (Å²) in [6, 6.07) is 15.6. The Morgan fingerprint density at radius 1 is 1.04 bits per heavy atom. The van der Waals surface area contributed by atoms with Crippen LogP contribution in [0.1, 0.15) is 39.1 Å². The molecule has 0 N–H and O–H groups in total. The first kappa shape index (κ1) is 15.7. The number of hydrogen-bond donors (Lipinski definition) is 0. The van der Waals surface area contributed by atoms with Crippen molar-refractivity contribution in [3.63, 3.8) is 0 Å². The maximum atomic E-state index is 12.4. The topological polar surface area (TPSA) is 43.4 Å². The van der Waals surface area contributed by atoms with E-state index in [9.17, 15) is 4.79 Å². The summed E-state index contributed by atoms with van der Waals surface area (Å²) in [7, 11) is 0. The molecular formula is C19H18O3S. The van der Waals surface area contributed by atoms with Gasteiger partial charge < -0.3 is 8.83 Å². The van der Waals surface area contributed by atoms with Gasteiger partial charge in [0.25, 0.3) is 0 Å². The van der Waals surface area contributed by atoms with Gasteiger partial charge in [0.2, 0.25) is 0 Å². The van der Waals surface area contributed by atoms with E-state index in [1.165, 1.54) is 11.8 Å². The highest BCUT2D eigenvalue weighted by molar-refractivity contribution is 7.98. The predicted octanol–water partition coefficient (Wildman–Crippen LogP) is 5.43. The molecule has 0 spiro atoms. The zero-order valence-electron chi connectivity index (χ0n) is 12.9. The summed E-state index contributed by atoms with van der Waals surface area (Å²) >= 11 is 1.71. The fourth-order valence-electron chi connectivity index (χ4n) is 2.34. The van der Waals surface area contributed by atoms with Gasteiger partial charge in [0, 0.05) is 11.7 Å². The second-order valence-electron chi connectivity index (χ2n) is 5.39. The zero-order valence-corrected chi connectivity index (χ0v) is 13.7. The summed E-state index contributed by atoms with van der Waals surface area (Å²) in [4.78, 5) is 12.4. The van der Waals surface area contributed by atoms with E-state index in [0.29, 0.717) is 12.2 Å². The highest BCUT2D eigenvalue weighted by Gasteiger charge is 2.20. The molecule has 2 heterocycles. The fourth-order valence-corrected chi connectivity index (χ4v) is 3.49. The van der Waals surface area contributed by atoms with Gasteiger partial charge in [-0.15, -0.1) is 11.8 Å². The van der Waals surface area contributed by atoms with Crippen molar-refractivity contribution in [3.05, 3.63) is 83.7 Å². The number of benzene rings is 1. The first-order chi connectivity index (χ1) is 11.2. The van der Waals surface area contributed by atoms with Crippen LogP contribution >= 0.6 is 11.8 Å². The van der Waals surface area contributed by atoms with Crippen LogP contribution in [0.25, 0.3) is 0 Å². The van der Waals surface area contributed by atoms with Gasteiger partial charge in [-0.05, 0) is 36.8 Å². The summed E-state index contributed by atoms with van der Waals surface area (Å²) in [5.74, 6) is 2.09. The molecule has 0 aliphatic rings. The highest BCUT2D eigenvalue weighted by atomic mass is 32.2. The number of rotatable bonds is 7. The van der Waals surface area contributed by atoms with Crippen molar-refractivity contribution < 1.29 is 13.6 Å². The van der Waals surface area contributed by atoms with Gasteiger partial charge in [-0.1, -0.05) is 29.8 Å². The third-order valence-corrected chi connectivity index (χ3v) is 4.92. The molecule has 1 aromatic carbocycles.